The van der Waals surface area contributed by atoms with Crippen molar-refractivity contribution in [1.82, 2.24) is 14.9 Å². The van der Waals surface area contributed by atoms with Crippen molar-refractivity contribution >= 4 is 35.1 Å². The van der Waals surface area contributed by atoms with E-state index in [4.69, 9.17) is 16.6 Å². The molecule has 1 saturated heterocycles. The van der Waals surface area contributed by atoms with Crippen LogP contribution < -0.4 is 4.90 Å². The van der Waals surface area contributed by atoms with Gasteiger partial charge in [-0.3, -0.25) is 4.79 Å². The van der Waals surface area contributed by atoms with Crippen molar-refractivity contribution in [3.05, 3.63) is 46.6 Å². The highest BCUT2D eigenvalue weighted by atomic mass is 35.5. The predicted octanol–water partition coefficient (Wildman–Crippen LogP) is 5.14. The van der Waals surface area contributed by atoms with Crippen LogP contribution in [0.25, 0.3) is 0 Å². The van der Waals surface area contributed by atoms with Crippen LogP contribution in [0.1, 0.15) is 49.5 Å². The number of hydrogen-bond donors (Lipinski definition) is 0. The maximum absolute atomic E-state index is 12.4. The van der Waals surface area contributed by atoms with Crippen LogP contribution in [-0.4, -0.2) is 47.0 Å². The third kappa shape index (κ3) is 5.86. The molecule has 29 heavy (non-hydrogen) atoms. The lowest BCUT2D eigenvalue weighted by Crippen LogP contribution is -2.33. The molecule has 0 spiro atoms. The number of thioether (sulfide) groups is 1. The summed E-state index contributed by atoms with van der Waals surface area (Å²) in [6.07, 6.45) is 2.37. The number of aromatic nitrogens is 2. The summed E-state index contributed by atoms with van der Waals surface area (Å²) in [5, 5.41) is 1.17. The second-order valence-electron chi connectivity index (χ2n) is 7.46. The Kier molecular flexibility index (Phi) is 7.78. The van der Waals surface area contributed by atoms with Gasteiger partial charge in [-0.25, -0.2) is 9.97 Å². The second-order valence-corrected chi connectivity index (χ2v) is 8.79. The number of hydrogen-bond acceptors (Lipinski definition) is 5. The quantitative estimate of drug-likeness (QED) is 0.344. The summed E-state index contributed by atoms with van der Waals surface area (Å²) in [5.41, 5.74) is 1.85. The molecule has 0 aliphatic carbocycles. The minimum absolute atomic E-state index is 0.0767. The highest BCUT2D eigenvalue weighted by Crippen LogP contribution is 2.27. The lowest BCUT2D eigenvalue weighted by molar-refractivity contribution is 0.0773. The Bertz CT molecular complexity index is 818. The fourth-order valence-electron chi connectivity index (χ4n) is 3.43. The molecule has 0 bridgehead atoms. The van der Waals surface area contributed by atoms with Gasteiger partial charge in [-0.2, -0.15) is 0 Å². The van der Waals surface area contributed by atoms with E-state index in [0.717, 1.165) is 54.8 Å². The van der Waals surface area contributed by atoms with E-state index < -0.39 is 0 Å². The molecule has 0 atom stereocenters. The van der Waals surface area contributed by atoms with Crippen molar-refractivity contribution in [3.8, 4) is 0 Å². The average molecular weight is 433 g/mol. The fourth-order valence-corrected chi connectivity index (χ4v) is 4.47. The van der Waals surface area contributed by atoms with Gasteiger partial charge in [0.15, 0.2) is 5.16 Å². The Morgan fingerprint density at radius 3 is 2.45 bits per heavy atom. The first-order chi connectivity index (χ1) is 14.0. The predicted molar refractivity (Wildman–Crippen MR) is 121 cm³/mol. The van der Waals surface area contributed by atoms with Gasteiger partial charge in [0.1, 0.15) is 11.0 Å². The minimum Gasteiger partial charge on any atom is -0.356 e. The molecular formula is C22H29ClN4OS. The largest absolute Gasteiger partial charge is 0.356 e. The molecule has 1 aliphatic rings. The van der Waals surface area contributed by atoms with E-state index in [-0.39, 0.29) is 5.91 Å². The van der Waals surface area contributed by atoms with Crippen molar-refractivity contribution < 1.29 is 4.79 Å². The van der Waals surface area contributed by atoms with Crippen LogP contribution in [0.15, 0.2) is 35.5 Å². The van der Waals surface area contributed by atoms with Gasteiger partial charge in [-0.1, -0.05) is 42.4 Å². The van der Waals surface area contributed by atoms with E-state index in [2.05, 4.69) is 16.8 Å². The first-order valence-electron chi connectivity index (χ1n) is 10.3. The van der Waals surface area contributed by atoms with E-state index in [0.29, 0.717) is 10.3 Å². The molecular weight excluding hydrogens is 404 g/mol. The van der Waals surface area contributed by atoms with Crippen LogP contribution >= 0.6 is 23.4 Å². The first-order valence-corrected chi connectivity index (χ1v) is 11.7. The van der Waals surface area contributed by atoms with Gasteiger partial charge in [0, 0.05) is 43.6 Å². The summed E-state index contributed by atoms with van der Waals surface area (Å²) in [5.74, 6) is 2.50. The van der Waals surface area contributed by atoms with Crippen LogP contribution in [0.3, 0.4) is 0 Å². The minimum atomic E-state index is 0.0767. The van der Waals surface area contributed by atoms with Crippen molar-refractivity contribution in [3.63, 3.8) is 0 Å². The molecule has 1 aliphatic heterocycles. The summed E-state index contributed by atoms with van der Waals surface area (Å²) in [4.78, 5) is 25.6. The third-order valence-corrected chi connectivity index (χ3v) is 6.50. The number of anilines is 1. The molecule has 1 fully saturated rings. The van der Waals surface area contributed by atoms with Gasteiger partial charge in [-0.05, 0) is 50.3 Å². The lowest BCUT2D eigenvalue weighted by Gasteiger charge is -2.31. The topological polar surface area (TPSA) is 49.3 Å². The first kappa shape index (κ1) is 21.9. The molecule has 3 rings (SSSR count). The van der Waals surface area contributed by atoms with E-state index in [1.54, 1.807) is 11.8 Å². The van der Waals surface area contributed by atoms with Crippen molar-refractivity contribution in [2.75, 3.05) is 31.1 Å². The highest BCUT2D eigenvalue weighted by molar-refractivity contribution is 7.98. The molecule has 7 heteroatoms. The Labute approximate surface area is 182 Å². The highest BCUT2D eigenvalue weighted by Gasteiger charge is 2.18. The lowest BCUT2D eigenvalue weighted by atomic mass is 9.99. The number of benzene rings is 1. The number of carbonyl (C=O) groups excluding carboxylic acids is 1. The number of nitrogens with zero attached hydrogens (tertiary/aromatic N) is 4. The summed E-state index contributed by atoms with van der Waals surface area (Å²) >= 11 is 7.83. The van der Waals surface area contributed by atoms with Crippen molar-refractivity contribution in [1.29, 1.82) is 0 Å². The Morgan fingerprint density at radius 1 is 1.17 bits per heavy atom. The zero-order valence-electron chi connectivity index (χ0n) is 17.4. The number of carbonyl (C=O) groups is 1. The molecule has 0 unspecified atom stereocenters. The summed E-state index contributed by atoms with van der Waals surface area (Å²) in [6, 6.07) is 9.66. The van der Waals surface area contributed by atoms with Gasteiger partial charge in [0.2, 0.25) is 0 Å². The van der Waals surface area contributed by atoms with Crippen molar-refractivity contribution in [2.24, 2.45) is 5.92 Å². The Hall–Kier alpha value is -1.79. The van der Waals surface area contributed by atoms with Gasteiger partial charge in [0.05, 0.1) is 0 Å². The molecule has 2 aromatic rings. The van der Waals surface area contributed by atoms with Gasteiger partial charge in [0.25, 0.3) is 5.91 Å². The monoisotopic (exact) mass is 432 g/mol. The van der Waals surface area contributed by atoms with E-state index >= 15 is 0 Å². The molecule has 5 nitrogen and oxygen atoms in total. The second kappa shape index (κ2) is 10.3. The van der Waals surface area contributed by atoms with Crippen molar-refractivity contribution in [2.45, 2.75) is 44.5 Å². The molecule has 1 aromatic heterocycles. The smallest absolute Gasteiger partial charge is 0.253 e. The zero-order chi connectivity index (χ0) is 20.8. The van der Waals surface area contributed by atoms with Gasteiger partial charge < -0.3 is 9.80 Å². The maximum atomic E-state index is 12.4. The normalized spacial score (nSPS) is 14.8. The maximum Gasteiger partial charge on any atom is 0.253 e. The van der Waals surface area contributed by atoms with Crippen LogP contribution in [0.5, 0.6) is 0 Å². The standard InChI is InChI=1S/C22H29ClN4OS/c1-4-26(5-2)21(28)18-8-6-17(7-9-18)15-29-22-24-19(23)14-20(25-22)27-12-10-16(3)11-13-27/h6-9,14,16H,4-5,10-13,15H2,1-3H3. The number of rotatable bonds is 7. The molecule has 0 N–H and O–H groups in total. The van der Waals surface area contributed by atoms with Gasteiger partial charge in [-0.15, -0.1) is 0 Å². The molecule has 0 saturated carbocycles. The van der Waals surface area contributed by atoms with E-state index in [1.807, 2.05) is 49.1 Å². The third-order valence-electron chi connectivity index (χ3n) is 5.39. The number of piperidine rings is 1. The molecule has 0 radical (unpaired) electrons. The summed E-state index contributed by atoms with van der Waals surface area (Å²) < 4.78 is 0. The summed E-state index contributed by atoms with van der Waals surface area (Å²) in [6.45, 7) is 9.76. The van der Waals surface area contributed by atoms with E-state index in [1.165, 1.54) is 12.8 Å². The molecule has 1 amide bonds. The van der Waals surface area contributed by atoms with Crippen LogP contribution in [0, 0.1) is 5.92 Å². The molecule has 1 aromatic carbocycles. The van der Waals surface area contributed by atoms with Gasteiger partial charge >= 0.3 is 0 Å². The zero-order valence-corrected chi connectivity index (χ0v) is 19.0. The van der Waals surface area contributed by atoms with Crippen LogP contribution in [0.4, 0.5) is 5.82 Å². The Morgan fingerprint density at radius 2 is 1.83 bits per heavy atom. The van der Waals surface area contributed by atoms with Crippen LogP contribution in [-0.2, 0) is 5.75 Å². The molecule has 156 valence electrons. The molecule has 2 heterocycles. The van der Waals surface area contributed by atoms with Crippen LogP contribution in [0.2, 0.25) is 5.15 Å². The number of halogens is 1. The Balaban J connectivity index is 1.63. The SMILES string of the molecule is CCN(CC)C(=O)c1ccc(CSc2nc(Cl)cc(N3CCC(C)CC3)n2)cc1. The number of amides is 1. The fraction of sp³-hybridized carbons (Fsp3) is 0.500. The average Bonchev–Trinajstić information content (AvgIpc) is 2.73. The van der Waals surface area contributed by atoms with E-state index in [9.17, 15) is 4.79 Å². The summed E-state index contributed by atoms with van der Waals surface area (Å²) in [7, 11) is 0.